The highest BCUT2D eigenvalue weighted by molar-refractivity contribution is 6.62. The number of carbonyl (C=O) groups excluding carboxylic acids is 1. The number of hydrogen-bond donors (Lipinski definition) is 1. The van der Waals surface area contributed by atoms with Crippen LogP contribution in [0.1, 0.15) is 111 Å². The van der Waals surface area contributed by atoms with Crippen molar-refractivity contribution in [3.63, 3.8) is 0 Å². The Kier molecular flexibility index (Phi) is 11.5. The van der Waals surface area contributed by atoms with Gasteiger partial charge in [0.15, 0.2) is 5.79 Å². The van der Waals surface area contributed by atoms with Crippen molar-refractivity contribution in [2.45, 2.75) is 130 Å². The predicted molar refractivity (Wildman–Crippen MR) is 161 cm³/mol. The molecular formula is C32H54BNO6. The summed E-state index contributed by atoms with van der Waals surface area (Å²) in [6.07, 6.45) is 9.60. The number of rotatable bonds is 12. The molecule has 2 saturated heterocycles. The van der Waals surface area contributed by atoms with Crippen LogP contribution in [0.25, 0.3) is 0 Å². The van der Waals surface area contributed by atoms with Crippen LogP contribution in [0.15, 0.2) is 18.2 Å². The molecule has 8 heteroatoms. The van der Waals surface area contributed by atoms with Crippen LogP contribution in [0.2, 0.25) is 0 Å². The molecule has 0 aliphatic carbocycles. The summed E-state index contributed by atoms with van der Waals surface area (Å²) in [5, 5.41) is 3.09. The van der Waals surface area contributed by atoms with Gasteiger partial charge in [0.2, 0.25) is 0 Å². The van der Waals surface area contributed by atoms with Gasteiger partial charge in [0.25, 0.3) is 0 Å². The van der Waals surface area contributed by atoms with Crippen LogP contribution in [0.5, 0.6) is 0 Å². The van der Waals surface area contributed by atoms with E-state index in [1.807, 2.05) is 34.6 Å². The van der Waals surface area contributed by atoms with Gasteiger partial charge >= 0.3 is 13.2 Å². The minimum absolute atomic E-state index is 0.00225. The van der Waals surface area contributed by atoms with E-state index in [-0.39, 0.29) is 12.5 Å². The Hall–Kier alpha value is -1.61. The molecule has 1 N–H and O–H groups in total. The van der Waals surface area contributed by atoms with Crippen molar-refractivity contribution in [1.29, 1.82) is 0 Å². The summed E-state index contributed by atoms with van der Waals surface area (Å²) in [5.41, 5.74) is 2.26. The highest BCUT2D eigenvalue weighted by Gasteiger charge is 2.42. The predicted octanol–water partition coefficient (Wildman–Crippen LogP) is 6.34. The second-order valence-electron chi connectivity index (χ2n) is 14.1. The van der Waals surface area contributed by atoms with Gasteiger partial charge in [0.05, 0.1) is 18.8 Å². The highest BCUT2D eigenvalue weighted by Crippen LogP contribution is 2.28. The number of aryl methyl sites for hydroxylation is 2. The first-order valence-electron chi connectivity index (χ1n) is 15.4. The summed E-state index contributed by atoms with van der Waals surface area (Å²) in [6.45, 7) is 17.9. The van der Waals surface area contributed by atoms with Crippen LogP contribution in [0.4, 0.5) is 4.79 Å². The topological polar surface area (TPSA) is 75.3 Å². The number of ether oxygens (including phenoxy) is 3. The molecule has 40 heavy (non-hydrogen) atoms. The van der Waals surface area contributed by atoms with Gasteiger partial charge in [0, 0.05) is 18.6 Å². The second kappa shape index (κ2) is 14.0. The molecule has 0 saturated carbocycles. The number of benzene rings is 1. The molecular weight excluding hydrogens is 505 g/mol. The Balaban J connectivity index is 1.76. The van der Waals surface area contributed by atoms with E-state index in [1.165, 1.54) is 44.1 Å². The number of amides is 1. The van der Waals surface area contributed by atoms with Gasteiger partial charge < -0.3 is 28.8 Å². The van der Waals surface area contributed by atoms with Crippen LogP contribution < -0.4 is 10.8 Å². The van der Waals surface area contributed by atoms with E-state index in [4.69, 9.17) is 23.5 Å². The molecule has 1 aromatic rings. The van der Waals surface area contributed by atoms with E-state index in [9.17, 15) is 4.79 Å². The third kappa shape index (κ3) is 10.7. The minimum atomic E-state index is -0.706. The molecule has 0 unspecified atom stereocenters. The van der Waals surface area contributed by atoms with E-state index >= 15 is 0 Å². The Labute approximate surface area is 243 Å². The first kappa shape index (κ1) is 32.9. The zero-order valence-corrected chi connectivity index (χ0v) is 26.5. The maximum absolute atomic E-state index is 12.8. The first-order valence-corrected chi connectivity index (χ1v) is 15.4. The molecule has 0 aromatic heterocycles. The maximum atomic E-state index is 12.8. The standard InChI is InChI=1S/C32H54BNO6/c1-9-10-11-12-13-14-15-25-16-17-26(27(20-25)33-38-21-30(5,6)22-39-33)18-19-32(23-36-31(7,8)37-24-32)34-28(35)40-29(2,3)4/h16-17,20H,9-15,18-19,21-24H2,1-8H3,(H,34,35). The first-order chi connectivity index (χ1) is 18.7. The van der Waals surface area contributed by atoms with E-state index in [1.54, 1.807) is 0 Å². The zero-order chi connectivity index (χ0) is 29.4. The van der Waals surface area contributed by atoms with Gasteiger partial charge in [-0.3, -0.25) is 0 Å². The molecule has 2 heterocycles. The summed E-state index contributed by atoms with van der Waals surface area (Å²) in [6, 6.07) is 6.72. The number of nitrogens with one attached hydrogen (secondary N) is 1. The van der Waals surface area contributed by atoms with Crippen molar-refractivity contribution in [3.8, 4) is 0 Å². The van der Waals surface area contributed by atoms with E-state index < -0.39 is 23.0 Å². The number of hydrogen-bond acceptors (Lipinski definition) is 6. The number of alkyl carbamates (subject to hydrolysis) is 1. The van der Waals surface area contributed by atoms with E-state index in [0.717, 1.165) is 17.4 Å². The zero-order valence-electron chi connectivity index (χ0n) is 26.5. The molecule has 2 aliphatic rings. The lowest BCUT2D eigenvalue weighted by atomic mass is 9.71. The molecule has 1 aromatic carbocycles. The molecule has 1 amide bonds. The smallest absolute Gasteiger partial charge is 0.444 e. The number of unbranched alkanes of at least 4 members (excludes halogenated alkanes) is 5. The molecule has 3 rings (SSSR count). The van der Waals surface area contributed by atoms with Gasteiger partial charge in [-0.1, -0.05) is 71.1 Å². The van der Waals surface area contributed by atoms with Gasteiger partial charge in [-0.05, 0) is 76.9 Å². The van der Waals surface area contributed by atoms with Crippen molar-refractivity contribution in [2.75, 3.05) is 26.4 Å². The third-order valence-electron chi connectivity index (χ3n) is 7.57. The molecule has 0 radical (unpaired) electrons. The summed E-state index contributed by atoms with van der Waals surface area (Å²) >= 11 is 0. The van der Waals surface area contributed by atoms with Gasteiger partial charge in [-0.15, -0.1) is 0 Å². The molecule has 0 spiro atoms. The SMILES string of the molecule is CCCCCCCCc1ccc(CCC2(NC(=O)OC(C)(C)C)COC(C)(C)OC2)c(B2OCC(C)(C)CO2)c1. The second-order valence-corrected chi connectivity index (χ2v) is 14.1. The fourth-order valence-electron chi connectivity index (χ4n) is 5.11. The fourth-order valence-corrected chi connectivity index (χ4v) is 5.11. The van der Waals surface area contributed by atoms with Crippen LogP contribution in [-0.2, 0) is 36.4 Å². The molecule has 226 valence electrons. The van der Waals surface area contributed by atoms with Gasteiger partial charge in [0.1, 0.15) is 5.60 Å². The van der Waals surface area contributed by atoms with Crippen LogP contribution in [0, 0.1) is 5.41 Å². The Morgan fingerprint density at radius 2 is 1.55 bits per heavy atom. The molecule has 0 bridgehead atoms. The fraction of sp³-hybridized carbons (Fsp3) is 0.781. The largest absolute Gasteiger partial charge is 0.494 e. The van der Waals surface area contributed by atoms with Crippen LogP contribution in [-0.4, -0.2) is 56.6 Å². The average molecular weight is 560 g/mol. The maximum Gasteiger partial charge on any atom is 0.494 e. The highest BCUT2D eigenvalue weighted by atomic mass is 16.7. The minimum Gasteiger partial charge on any atom is -0.444 e. The average Bonchev–Trinajstić information content (AvgIpc) is 2.86. The Bertz CT molecular complexity index is 937. The normalized spacial score (nSPS) is 20.2. The van der Waals surface area contributed by atoms with Crippen molar-refractivity contribution in [3.05, 3.63) is 29.3 Å². The van der Waals surface area contributed by atoms with Crippen LogP contribution >= 0.6 is 0 Å². The van der Waals surface area contributed by atoms with Crippen molar-refractivity contribution < 1.29 is 28.3 Å². The lowest BCUT2D eigenvalue weighted by Crippen LogP contribution is -2.61. The van der Waals surface area contributed by atoms with Gasteiger partial charge in [-0.2, -0.15) is 0 Å². The molecule has 2 fully saturated rings. The quantitative estimate of drug-likeness (QED) is 0.238. The Morgan fingerprint density at radius 3 is 2.17 bits per heavy atom. The lowest BCUT2D eigenvalue weighted by molar-refractivity contribution is -0.271. The lowest BCUT2D eigenvalue weighted by Gasteiger charge is -2.44. The van der Waals surface area contributed by atoms with Gasteiger partial charge in [-0.25, -0.2) is 4.79 Å². The van der Waals surface area contributed by atoms with Crippen LogP contribution in [0.3, 0.4) is 0 Å². The monoisotopic (exact) mass is 559 g/mol. The summed E-state index contributed by atoms with van der Waals surface area (Å²) < 4.78 is 30.1. The summed E-state index contributed by atoms with van der Waals surface area (Å²) in [5.74, 6) is -0.695. The van der Waals surface area contributed by atoms with Crippen molar-refractivity contribution in [2.24, 2.45) is 5.41 Å². The van der Waals surface area contributed by atoms with Crippen molar-refractivity contribution in [1.82, 2.24) is 5.32 Å². The van der Waals surface area contributed by atoms with Crippen molar-refractivity contribution >= 4 is 18.7 Å². The number of carbonyl (C=O) groups is 1. The summed E-state index contributed by atoms with van der Waals surface area (Å²) in [4.78, 5) is 12.8. The molecule has 2 aliphatic heterocycles. The Morgan fingerprint density at radius 1 is 0.925 bits per heavy atom. The molecule has 7 nitrogen and oxygen atoms in total. The third-order valence-corrected chi connectivity index (χ3v) is 7.57. The summed E-state index contributed by atoms with van der Waals surface area (Å²) in [7, 11) is -0.389. The van der Waals surface area contributed by atoms with E-state index in [0.29, 0.717) is 39.3 Å². The van der Waals surface area contributed by atoms with E-state index in [2.05, 4.69) is 44.3 Å². The molecule has 0 atom stereocenters.